The first-order chi connectivity index (χ1) is 12.5. The average molecular weight is 381 g/mol. The molecule has 2 heterocycles. The van der Waals surface area contributed by atoms with Gasteiger partial charge in [-0.3, -0.25) is 0 Å². The maximum atomic E-state index is 11.6. The van der Waals surface area contributed by atoms with Crippen LogP contribution in [0.4, 0.5) is 5.69 Å². The number of hydrogen-bond acceptors (Lipinski definition) is 4. The highest BCUT2D eigenvalue weighted by Gasteiger charge is 2.30. The van der Waals surface area contributed by atoms with E-state index in [2.05, 4.69) is 11.8 Å². The third-order valence-corrected chi connectivity index (χ3v) is 6.05. The zero-order valence-corrected chi connectivity index (χ0v) is 16.2. The number of rotatable bonds is 6. The summed E-state index contributed by atoms with van der Waals surface area (Å²) in [5.41, 5.74) is 7.37. The van der Waals surface area contributed by atoms with Crippen molar-refractivity contribution < 1.29 is 14.6 Å². The molecular formula is C20H29ClN2O3. The molecule has 144 valence electrons. The SMILES string of the molecule is CCCCN1CCC(CC2CCc3c(N)c(Cl)cc(C(=O)O)c3O2)CC1. The van der Waals surface area contributed by atoms with E-state index in [0.717, 1.165) is 37.9 Å². The number of hydrogen-bond donors (Lipinski definition) is 2. The van der Waals surface area contributed by atoms with Gasteiger partial charge in [0.1, 0.15) is 11.3 Å². The minimum Gasteiger partial charge on any atom is -0.489 e. The Morgan fingerprint density at radius 2 is 2.12 bits per heavy atom. The lowest BCUT2D eigenvalue weighted by Crippen LogP contribution is -2.36. The summed E-state index contributed by atoms with van der Waals surface area (Å²) in [5, 5.41) is 9.77. The van der Waals surface area contributed by atoms with Crippen LogP contribution in [0.5, 0.6) is 5.75 Å². The van der Waals surface area contributed by atoms with E-state index in [4.69, 9.17) is 22.1 Å². The van der Waals surface area contributed by atoms with Gasteiger partial charge in [0.2, 0.25) is 0 Å². The normalized spacial score (nSPS) is 21.2. The Balaban J connectivity index is 1.62. The molecule has 1 saturated heterocycles. The van der Waals surface area contributed by atoms with Gasteiger partial charge < -0.3 is 20.5 Å². The Morgan fingerprint density at radius 3 is 2.77 bits per heavy atom. The summed E-state index contributed by atoms with van der Waals surface area (Å²) in [6.45, 7) is 5.77. The lowest BCUT2D eigenvalue weighted by Gasteiger charge is -2.35. The van der Waals surface area contributed by atoms with Gasteiger partial charge in [-0.05, 0) is 70.1 Å². The molecule has 0 amide bonds. The first-order valence-corrected chi connectivity index (χ1v) is 10.1. The Kier molecular flexibility index (Phi) is 6.30. The molecule has 1 unspecified atom stereocenters. The number of carboxylic acid groups (broad SMARTS) is 1. The Bertz CT molecular complexity index is 657. The van der Waals surface area contributed by atoms with E-state index < -0.39 is 5.97 Å². The molecule has 2 aliphatic rings. The molecule has 1 aromatic carbocycles. The predicted octanol–water partition coefficient (Wildman–Crippen LogP) is 4.22. The first-order valence-electron chi connectivity index (χ1n) is 9.72. The van der Waals surface area contributed by atoms with Crippen molar-refractivity contribution in [2.24, 2.45) is 5.92 Å². The van der Waals surface area contributed by atoms with Crippen LogP contribution in [0, 0.1) is 5.92 Å². The largest absolute Gasteiger partial charge is 0.489 e. The van der Waals surface area contributed by atoms with Crippen molar-refractivity contribution in [2.45, 2.75) is 58.0 Å². The average Bonchev–Trinajstić information content (AvgIpc) is 2.64. The maximum absolute atomic E-state index is 11.6. The van der Waals surface area contributed by atoms with Crippen LogP contribution in [0.25, 0.3) is 0 Å². The van der Waals surface area contributed by atoms with Crippen LogP contribution >= 0.6 is 11.6 Å². The Labute approximate surface area is 160 Å². The second-order valence-electron chi connectivity index (χ2n) is 7.59. The number of piperidine rings is 1. The van der Waals surface area contributed by atoms with Crippen molar-refractivity contribution in [1.29, 1.82) is 0 Å². The maximum Gasteiger partial charge on any atom is 0.339 e. The van der Waals surface area contributed by atoms with Gasteiger partial charge >= 0.3 is 5.97 Å². The molecular weight excluding hydrogens is 352 g/mol. The molecule has 0 radical (unpaired) electrons. The molecule has 3 rings (SSSR count). The second-order valence-corrected chi connectivity index (χ2v) is 7.99. The van der Waals surface area contributed by atoms with Crippen LogP contribution in [-0.4, -0.2) is 41.7 Å². The molecule has 0 saturated carbocycles. The molecule has 6 heteroatoms. The standard InChI is InChI=1S/C20H29ClN2O3/c1-2-3-8-23-9-6-13(7-10-23)11-14-4-5-15-18(22)17(21)12-16(20(24)25)19(15)26-14/h12-14H,2-11,22H2,1H3,(H,24,25). The van der Waals surface area contributed by atoms with E-state index in [1.807, 2.05) is 0 Å². The Morgan fingerprint density at radius 1 is 1.38 bits per heavy atom. The summed E-state index contributed by atoms with van der Waals surface area (Å²) in [7, 11) is 0. The molecule has 1 atom stereocenters. The number of nitrogens with zero attached hydrogens (tertiary/aromatic N) is 1. The van der Waals surface area contributed by atoms with Gasteiger partial charge in [0.05, 0.1) is 16.8 Å². The molecule has 3 N–H and O–H groups in total. The van der Waals surface area contributed by atoms with Gasteiger partial charge in [0, 0.05) is 5.56 Å². The molecule has 1 aromatic rings. The monoisotopic (exact) mass is 380 g/mol. The van der Waals surface area contributed by atoms with E-state index in [0.29, 0.717) is 22.4 Å². The van der Waals surface area contributed by atoms with Gasteiger partial charge in [-0.25, -0.2) is 4.79 Å². The molecule has 26 heavy (non-hydrogen) atoms. The van der Waals surface area contributed by atoms with Gasteiger partial charge in [0.25, 0.3) is 0 Å². The summed E-state index contributed by atoms with van der Waals surface area (Å²) in [6.07, 6.45) is 7.56. The van der Waals surface area contributed by atoms with E-state index >= 15 is 0 Å². The lowest BCUT2D eigenvalue weighted by atomic mass is 9.87. The van der Waals surface area contributed by atoms with Crippen molar-refractivity contribution in [3.8, 4) is 5.75 Å². The summed E-state index contributed by atoms with van der Waals surface area (Å²) in [6, 6.07) is 1.41. The van der Waals surface area contributed by atoms with Crippen LogP contribution < -0.4 is 10.5 Å². The fraction of sp³-hybridized carbons (Fsp3) is 0.650. The quantitative estimate of drug-likeness (QED) is 0.723. The Hall–Kier alpha value is -1.46. The van der Waals surface area contributed by atoms with Gasteiger partial charge in [-0.15, -0.1) is 0 Å². The highest BCUT2D eigenvalue weighted by molar-refractivity contribution is 6.33. The molecule has 0 aromatic heterocycles. The van der Waals surface area contributed by atoms with Crippen LogP contribution in [-0.2, 0) is 6.42 Å². The minimum absolute atomic E-state index is 0.0633. The molecule has 5 nitrogen and oxygen atoms in total. The number of fused-ring (bicyclic) bond motifs is 1. The van der Waals surface area contributed by atoms with E-state index in [1.165, 1.54) is 38.3 Å². The summed E-state index contributed by atoms with van der Waals surface area (Å²) in [5.74, 6) is 0.0569. The first kappa shape index (κ1) is 19.3. The van der Waals surface area contributed by atoms with E-state index in [1.54, 1.807) is 0 Å². The number of anilines is 1. The smallest absolute Gasteiger partial charge is 0.339 e. The van der Waals surface area contributed by atoms with Gasteiger partial charge in [0.15, 0.2) is 0 Å². The fourth-order valence-corrected chi connectivity index (χ4v) is 4.36. The fourth-order valence-electron chi connectivity index (χ4n) is 4.14. The zero-order valence-electron chi connectivity index (χ0n) is 15.5. The predicted molar refractivity (Wildman–Crippen MR) is 104 cm³/mol. The van der Waals surface area contributed by atoms with Crippen LogP contribution in [0.15, 0.2) is 6.07 Å². The van der Waals surface area contributed by atoms with Gasteiger partial charge in [-0.1, -0.05) is 24.9 Å². The van der Waals surface area contributed by atoms with Crippen molar-refractivity contribution >= 4 is 23.3 Å². The molecule has 0 spiro atoms. The van der Waals surface area contributed by atoms with Crippen LogP contribution in [0.3, 0.4) is 0 Å². The van der Waals surface area contributed by atoms with Crippen molar-refractivity contribution in [3.05, 3.63) is 22.2 Å². The third-order valence-electron chi connectivity index (χ3n) is 5.73. The summed E-state index contributed by atoms with van der Waals surface area (Å²) < 4.78 is 6.12. The number of nitrogens with two attached hydrogens (primary N) is 1. The van der Waals surface area contributed by atoms with Crippen molar-refractivity contribution in [2.75, 3.05) is 25.4 Å². The number of unbranched alkanes of at least 4 members (excludes halogenated alkanes) is 1. The lowest BCUT2D eigenvalue weighted by molar-refractivity contribution is 0.0679. The number of ether oxygens (including phenoxy) is 1. The number of carboxylic acids is 1. The number of likely N-dealkylation sites (tertiary alicyclic amines) is 1. The van der Waals surface area contributed by atoms with E-state index in [9.17, 15) is 9.90 Å². The topological polar surface area (TPSA) is 75.8 Å². The molecule has 0 aliphatic carbocycles. The number of nitrogen functional groups attached to an aromatic ring is 1. The van der Waals surface area contributed by atoms with Crippen molar-refractivity contribution in [3.63, 3.8) is 0 Å². The van der Waals surface area contributed by atoms with Gasteiger partial charge in [-0.2, -0.15) is 0 Å². The summed E-state index contributed by atoms with van der Waals surface area (Å²) in [4.78, 5) is 14.1. The second kappa shape index (κ2) is 8.49. The number of halogens is 1. The van der Waals surface area contributed by atoms with Crippen molar-refractivity contribution in [1.82, 2.24) is 4.90 Å². The molecule has 2 aliphatic heterocycles. The minimum atomic E-state index is -1.02. The van der Waals surface area contributed by atoms with E-state index in [-0.39, 0.29) is 11.7 Å². The highest BCUT2D eigenvalue weighted by Crippen LogP contribution is 2.41. The molecule has 1 fully saturated rings. The third kappa shape index (κ3) is 4.26. The van der Waals surface area contributed by atoms with Crippen LogP contribution in [0.1, 0.15) is 61.4 Å². The zero-order chi connectivity index (χ0) is 18.7. The summed E-state index contributed by atoms with van der Waals surface area (Å²) >= 11 is 6.09. The number of benzene rings is 1. The number of aromatic carboxylic acids is 1. The number of carbonyl (C=O) groups is 1. The highest BCUT2D eigenvalue weighted by atomic mass is 35.5. The van der Waals surface area contributed by atoms with Crippen LogP contribution in [0.2, 0.25) is 5.02 Å². The molecule has 0 bridgehead atoms.